The number of aryl methyl sites for hydroxylation is 1. The van der Waals surface area contributed by atoms with Crippen LogP contribution in [0.4, 0.5) is 10.2 Å². The van der Waals surface area contributed by atoms with E-state index in [1.165, 1.54) is 12.1 Å². The minimum absolute atomic E-state index is 0.281. The topological polar surface area (TPSA) is 37.8 Å². The Bertz CT molecular complexity index is 782. The Morgan fingerprint density at radius 2 is 2.10 bits per heavy atom. The summed E-state index contributed by atoms with van der Waals surface area (Å²) in [5.74, 6) is 1.14. The molecule has 0 aliphatic rings. The van der Waals surface area contributed by atoms with Crippen LogP contribution < -0.4 is 5.32 Å². The number of benzene rings is 1. The highest BCUT2D eigenvalue weighted by Gasteiger charge is 2.12. The molecule has 21 heavy (non-hydrogen) atoms. The van der Waals surface area contributed by atoms with Crippen molar-refractivity contribution in [2.75, 3.05) is 11.9 Å². The fraction of sp³-hybridized carbons (Fsp3) is 0.250. The normalized spacial score (nSPS) is 11.0. The van der Waals surface area contributed by atoms with Crippen molar-refractivity contribution in [2.45, 2.75) is 20.3 Å². The van der Waals surface area contributed by atoms with Gasteiger partial charge in [-0.25, -0.2) is 14.4 Å². The van der Waals surface area contributed by atoms with Crippen LogP contribution in [0.25, 0.3) is 21.6 Å². The highest BCUT2D eigenvalue weighted by molar-refractivity contribution is 7.13. The first-order valence-corrected chi connectivity index (χ1v) is 7.82. The Kier molecular flexibility index (Phi) is 3.84. The van der Waals surface area contributed by atoms with Crippen molar-refractivity contribution in [3.63, 3.8) is 0 Å². The Balaban J connectivity index is 2.20. The second-order valence-electron chi connectivity index (χ2n) is 4.92. The van der Waals surface area contributed by atoms with E-state index in [-0.39, 0.29) is 5.82 Å². The summed E-state index contributed by atoms with van der Waals surface area (Å²) in [5, 5.41) is 6.18. The van der Waals surface area contributed by atoms with E-state index in [9.17, 15) is 4.39 Å². The van der Waals surface area contributed by atoms with E-state index in [4.69, 9.17) is 0 Å². The first-order chi connectivity index (χ1) is 10.2. The van der Waals surface area contributed by atoms with Gasteiger partial charge in [0.15, 0.2) is 5.82 Å². The summed E-state index contributed by atoms with van der Waals surface area (Å²) >= 11 is 1.60. The van der Waals surface area contributed by atoms with Crippen molar-refractivity contribution in [1.29, 1.82) is 0 Å². The van der Waals surface area contributed by atoms with Crippen LogP contribution in [0.2, 0.25) is 0 Å². The van der Waals surface area contributed by atoms with Crippen molar-refractivity contribution < 1.29 is 4.39 Å². The maximum absolute atomic E-state index is 13.5. The van der Waals surface area contributed by atoms with Crippen molar-refractivity contribution in [3.05, 3.63) is 41.0 Å². The molecule has 0 fully saturated rings. The smallest absolute Gasteiger partial charge is 0.172 e. The number of anilines is 1. The van der Waals surface area contributed by atoms with E-state index in [1.807, 2.05) is 18.4 Å². The van der Waals surface area contributed by atoms with Gasteiger partial charge in [-0.05, 0) is 42.5 Å². The highest BCUT2D eigenvalue weighted by Crippen LogP contribution is 2.30. The third-order valence-electron chi connectivity index (χ3n) is 3.27. The van der Waals surface area contributed by atoms with Crippen molar-refractivity contribution in [1.82, 2.24) is 9.97 Å². The molecule has 0 radical (unpaired) electrons. The summed E-state index contributed by atoms with van der Waals surface area (Å²) in [6, 6.07) is 6.67. The molecule has 0 saturated carbocycles. The fourth-order valence-electron chi connectivity index (χ4n) is 2.18. The van der Waals surface area contributed by atoms with Gasteiger partial charge < -0.3 is 5.32 Å². The zero-order valence-corrected chi connectivity index (χ0v) is 12.8. The van der Waals surface area contributed by atoms with Crippen molar-refractivity contribution >= 4 is 28.1 Å². The Morgan fingerprint density at radius 1 is 1.24 bits per heavy atom. The molecule has 0 aliphatic heterocycles. The second-order valence-corrected chi connectivity index (χ2v) is 5.83. The third-order valence-corrected chi connectivity index (χ3v) is 4.28. The monoisotopic (exact) mass is 301 g/mol. The first kappa shape index (κ1) is 13.9. The van der Waals surface area contributed by atoms with Gasteiger partial charge in [0.1, 0.15) is 11.6 Å². The molecule has 2 heterocycles. The molecule has 3 aromatic rings. The van der Waals surface area contributed by atoms with E-state index < -0.39 is 0 Å². The lowest BCUT2D eigenvalue weighted by atomic mass is 10.2. The van der Waals surface area contributed by atoms with Gasteiger partial charge >= 0.3 is 0 Å². The standard InChI is InChI=1S/C16H16FN3S/c1-3-7-18-15-12-5-4-11(17)9-13(12)19-16(20-15)14-10(2)6-8-21-14/h4-6,8-9H,3,7H2,1-2H3,(H,18,19,20). The predicted octanol–water partition coefficient (Wildman–Crippen LogP) is 4.63. The molecule has 0 unspecified atom stereocenters. The van der Waals surface area contributed by atoms with Crippen LogP contribution >= 0.6 is 11.3 Å². The molecule has 0 spiro atoms. The maximum Gasteiger partial charge on any atom is 0.172 e. The van der Waals surface area contributed by atoms with Gasteiger partial charge in [-0.2, -0.15) is 0 Å². The number of hydrogen-bond donors (Lipinski definition) is 1. The van der Waals surface area contributed by atoms with E-state index in [1.54, 1.807) is 17.4 Å². The predicted molar refractivity (Wildman–Crippen MR) is 86.3 cm³/mol. The molecule has 1 aromatic carbocycles. The van der Waals surface area contributed by atoms with Gasteiger partial charge in [0.2, 0.25) is 0 Å². The Labute approximate surface area is 126 Å². The summed E-state index contributed by atoms with van der Waals surface area (Å²) in [4.78, 5) is 10.2. The van der Waals surface area contributed by atoms with Gasteiger partial charge in [-0.15, -0.1) is 11.3 Å². The van der Waals surface area contributed by atoms with E-state index in [0.717, 1.165) is 34.6 Å². The minimum Gasteiger partial charge on any atom is -0.369 e. The minimum atomic E-state index is -0.281. The van der Waals surface area contributed by atoms with Crippen LogP contribution in [0.5, 0.6) is 0 Å². The van der Waals surface area contributed by atoms with Crippen LogP contribution in [0.15, 0.2) is 29.6 Å². The molecule has 0 saturated heterocycles. The van der Waals surface area contributed by atoms with Crippen LogP contribution in [0.3, 0.4) is 0 Å². The van der Waals surface area contributed by atoms with Crippen molar-refractivity contribution in [2.24, 2.45) is 0 Å². The second kappa shape index (κ2) is 5.77. The molecule has 3 nitrogen and oxygen atoms in total. The molecule has 1 N–H and O–H groups in total. The van der Waals surface area contributed by atoms with Gasteiger partial charge in [0.05, 0.1) is 10.4 Å². The molecule has 0 bridgehead atoms. The number of fused-ring (bicyclic) bond motifs is 1. The fourth-order valence-corrected chi connectivity index (χ4v) is 3.04. The van der Waals surface area contributed by atoms with Gasteiger partial charge in [-0.3, -0.25) is 0 Å². The molecule has 3 rings (SSSR count). The molecular formula is C16H16FN3S. The summed E-state index contributed by atoms with van der Waals surface area (Å²) in [6.07, 6.45) is 1.00. The molecule has 0 atom stereocenters. The van der Waals surface area contributed by atoms with Crippen molar-refractivity contribution in [3.8, 4) is 10.7 Å². The highest BCUT2D eigenvalue weighted by atomic mass is 32.1. The number of nitrogens with zero attached hydrogens (tertiary/aromatic N) is 2. The molecule has 0 amide bonds. The average Bonchev–Trinajstić information content (AvgIpc) is 2.90. The largest absolute Gasteiger partial charge is 0.369 e. The number of halogens is 1. The first-order valence-electron chi connectivity index (χ1n) is 6.94. The number of hydrogen-bond acceptors (Lipinski definition) is 4. The Morgan fingerprint density at radius 3 is 2.81 bits per heavy atom. The Hall–Kier alpha value is -2.01. The van der Waals surface area contributed by atoms with Gasteiger partial charge in [0.25, 0.3) is 0 Å². The SMILES string of the molecule is CCCNc1nc(-c2sccc2C)nc2cc(F)ccc12. The summed E-state index contributed by atoms with van der Waals surface area (Å²) < 4.78 is 13.5. The maximum atomic E-state index is 13.5. The molecule has 0 aliphatic carbocycles. The van der Waals surface area contributed by atoms with Gasteiger partial charge in [0, 0.05) is 18.0 Å². The number of aromatic nitrogens is 2. The zero-order chi connectivity index (χ0) is 14.8. The number of thiophene rings is 1. The number of rotatable bonds is 4. The number of nitrogens with one attached hydrogen (secondary N) is 1. The van der Waals surface area contributed by atoms with E-state index in [0.29, 0.717) is 11.3 Å². The van der Waals surface area contributed by atoms with Crippen LogP contribution in [-0.4, -0.2) is 16.5 Å². The molecular weight excluding hydrogens is 285 g/mol. The molecule has 108 valence electrons. The lowest BCUT2D eigenvalue weighted by Gasteiger charge is -2.10. The summed E-state index contributed by atoms with van der Waals surface area (Å²) in [5.41, 5.74) is 1.77. The van der Waals surface area contributed by atoms with Crippen LogP contribution in [-0.2, 0) is 0 Å². The molecule has 5 heteroatoms. The van der Waals surface area contributed by atoms with Crippen LogP contribution in [0.1, 0.15) is 18.9 Å². The average molecular weight is 301 g/mol. The van der Waals surface area contributed by atoms with E-state index in [2.05, 4.69) is 22.2 Å². The lowest BCUT2D eigenvalue weighted by molar-refractivity contribution is 0.629. The lowest BCUT2D eigenvalue weighted by Crippen LogP contribution is -2.04. The van der Waals surface area contributed by atoms with Crippen LogP contribution in [0, 0.1) is 12.7 Å². The zero-order valence-electron chi connectivity index (χ0n) is 12.0. The quantitative estimate of drug-likeness (QED) is 0.763. The summed E-state index contributed by atoms with van der Waals surface area (Å²) in [7, 11) is 0. The van der Waals surface area contributed by atoms with Gasteiger partial charge in [-0.1, -0.05) is 6.92 Å². The third kappa shape index (κ3) is 2.74. The summed E-state index contributed by atoms with van der Waals surface area (Å²) in [6.45, 7) is 4.96. The molecule has 2 aromatic heterocycles. The van der Waals surface area contributed by atoms with E-state index >= 15 is 0 Å².